The fourth-order valence-corrected chi connectivity index (χ4v) is 3.64. The minimum absolute atomic E-state index is 0.0922. The molecule has 0 saturated carbocycles. The number of anilines is 2. The topological polar surface area (TPSA) is 78.5 Å². The Balaban J connectivity index is 2.08. The summed E-state index contributed by atoms with van der Waals surface area (Å²) < 4.78 is 27.3. The highest BCUT2D eigenvalue weighted by Crippen LogP contribution is 2.17. The van der Waals surface area contributed by atoms with Crippen LogP contribution in [0, 0.1) is 0 Å². The lowest BCUT2D eigenvalue weighted by Crippen LogP contribution is -2.25. The van der Waals surface area contributed by atoms with Crippen molar-refractivity contribution in [2.45, 2.75) is 31.1 Å². The summed E-state index contributed by atoms with van der Waals surface area (Å²) in [6, 6.07) is 13.5. The van der Waals surface area contributed by atoms with Crippen LogP contribution in [0.1, 0.15) is 36.5 Å². The average Bonchev–Trinajstić information content (AvgIpc) is 2.66. The molecule has 2 rings (SSSR count). The van der Waals surface area contributed by atoms with E-state index in [9.17, 15) is 13.2 Å². The van der Waals surface area contributed by atoms with Gasteiger partial charge in [-0.3, -0.25) is 4.79 Å². The number of nitrogens with one attached hydrogen (secondary N) is 2. The molecule has 0 saturated heterocycles. The summed E-state index contributed by atoms with van der Waals surface area (Å²) in [6.45, 7) is 2.45. The number of benzene rings is 2. The Bertz CT molecular complexity index is 862. The maximum Gasteiger partial charge on any atom is 0.255 e. The van der Waals surface area contributed by atoms with Crippen molar-refractivity contribution in [3.63, 3.8) is 0 Å². The summed E-state index contributed by atoms with van der Waals surface area (Å²) in [6.07, 6.45) is 2.78. The van der Waals surface area contributed by atoms with E-state index >= 15 is 0 Å². The van der Waals surface area contributed by atoms with Crippen molar-refractivity contribution < 1.29 is 13.2 Å². The first-order valence-electron chi connectivity index (χ1n) is 9.02. The van der Waals surface area contributed by atoms with Gasteiger partial charge in [0.1, 0.15) is 0 Å². The van der Waals surface area contributed by atoms with E-state index in [1.807, 2.05) is 43.3 Å². The number of sulfonamides is 1. The standard InChI is InChI=1S/C20H27N3O3S/c1-4-5-6-14-21-27(25,26)19-9-7-8-16(15-19)20(24)22-17-10-12-18(13-11-17)23(2)3/h7-13,15,21H,4-6,14H2,1-3H3,(H,22,24). The molecule has 0 aliphatic heterocycles. The Morgan fingerprint density at radius 3 is 2.37 bits per heavy atom. The predicted molar refractivity (Wildman–Crippen MR) is 110 cm³/mol. The first kappa shape index (κ1) is 20.9. The van der Waals surface area contributed by atoms with Crippen molar-refractivity contribution in [3.05, 3.63) is 54.1 Å². The number of carbonyl (C=O) groups excluding carboxylic acids is 1. The first-order chi connectivity index (χ1) is 12.8. The summed E-state index contributed by atoms with van der Waals surface area (Å²) in [5.74, 6) is -0.351. The van der Waals surface area contributed by atoms with Crippen LogP contribution in [0.25, 0.3) is 0 Å². The Hall–Kier alpha value is -2.38. The van der Waals surface area contributed by atoms with Crippen molar-refractivity contribution in [1.82, 2.24) is 4.72 Å². The number of amides is 1. The highest BCUT2D eigenvalue weighted by atomic mass is 32.2. The average molecular weight is 390 g/mol. The second-order valence-corrected chi connectivity index (χ2v) is 8.30. The van der Waals surface area contributed by atoms with Crippen molar-refractivity contribution in [1.29, 1.82) is 0 Å². The fourth-order valence-electron chi connectivity index (χ4n) is 2.52. The largest absolute Gasteiger partial charge is 0.378 e. The van der Waals surface area contributed by atoms with E-state index in [-0.39, 0.29) is 10.8 Å². The molecule has 0 radical (unpaired) electrons. The maximum atomic E-state index is 12.5. The van der Waals surface area contributed by atoms with Gasteiger partial charge in [-0.15, -0.1) is 0 Å². The Labute approximate surface area is 161 Å². The van der Waals surface area contributed by atoms with Gasteiger partial charge in [0.15, 0.2) is 0 Å². The maximum absolute atomic E-state index is 12.5. The highest BCUT2D eigenvalue weighted by Gasteiger charge is 2.16. The van der Waals surface area contributed by atoms with Crippen LogP contribution in [0.15, 0.2) is 53.4 Å². The van der Waals surface area contributed by atoms with Crippen molar-refractivity contribution in [3.8, 4) is 0 Å². The molecule has 0 unspecified atom stereocenters. The van der Waals surface area contributed by atoms with Crippen LogP contribution in [-0.2, 0) is 10.0 Å². The Kier molecular flexibility index (Phi) is 7.38. The lowest BCUT2D eigenvalue weighted by molar-refractivity contribution is 0.102. The second-order valence-electron chi connectivity index (χ2n) is 6.53. The summed E-state index contributed by atoms with van der Waals surface area (Å²) in [5.41, 5.74) is 1.97. The molecule has 0 heterocycles. The lowest BCUT2D eigenvalue weighted by Gasteiger charge is -2.13. The molecule has 0 bridgehead atoms. The highest BCUT2D eigenvalue weighted by molar-refractivity contribution is 7.89. The molecule has 7 heteroatoms. The normalized spacial score (nSPS) is 11.2. The quantitative estimate of drug-likeness (QED) is 0.644. The van der Waals surface area contributed by atoms with Gasteiger partial charge in [0, 0.05) is 37.6 Å². The fraction of sp³-hybridized carbons (Fsp3) is 0.350. The molecule has 0 aliphatic carbocycles. The van der Waals surface area contributed by atoms with Crippen LogP contribution in [-0.4, -0.2) is 35.0 Å². The molecular weight excluding hydrogens is 362 g/mol. The van der Waals surface area contributed by atoms with Crippen molar-refractivity contribution in [2.24, 2.45) is 0 Å². The number of nitrogens with zero attached hydrogens (tertiary/aromatic N) is 1. The Morgan fingerprint density at radius 1 is 1.04 bits per heavy atom. The van der Waals surface area contributed by atoms with Crippen LogP contribution in [0.5, 0.6) is 0 Å². The molecule has 2 aromatic carbocycles. The molecule has 1 amide bonds. The molecule has 2 aromatic rings. The third-order valence-corrected chi connectivity index (χ3v) is 5.58. The molecule has 2 N–H and O–H groups in total. The summed E-state index contributed by atoms with van der Waals surface area (Å²) in [4.78, 5) is 14.5. The molecule has 0 fully saturated rings. The number of hydrogen-bond acceptors (Lipinski definition) is 4. The van der Waals surface area contributed by atoms with Gasteiger partial charge in [0.2, 0.25) is 10.0 Å². The summed E-state index contributed by atoms with van der Waals surface area (Å²) in [5, 5.41) is 2.79. The monoisotopic (exact) mass is 389 g/mol. The minimum Gasteiger partial charge on any atom is -0.378 e. The molecule has 0 spiro atoms. The SMILES string of the molecule is CCCCCNS(=O)(=O)c1cccc(C(=O)Nc2ccc(N(C)C)cc2)c1. The molecular formula is C20H27N3O3S. The first-order valence-corrected chi connectivity index (χ1v) is 10.5. The third-order valence-electron chi connectivity index (χ3n) is 4.12. The van der Waals surface area contributed by atoms with Gasteiger partial charge < -0.3 is 10.2 Å². The van der Waals surface area contributed by atoms with E-state index in [2.05, 4.69) is 17.0 Å². The molecule has 27 heavy (non-hydrogen) atoms. The van der Waals surface area contributed by atoms with Gasteiger partial charge in [-0.1, -0.05) is 25.8 Å². The van der Waals surface area contributed by atoms with Crippen LogP contribution < -0.4 is 14.9 Å². The molecule has 6 nitrogen and oxygen atoms in total. The van der Waals surface area contributed by atoms with Crippen LogP contribution in [0.3, 0.4) is 0 Å². The van der Waals surface area contributed by atoms with Crippen molar-refractivity contribution >= 4 is 27.3 Å². The number of hydrogen-bond donors (Lipinski definition) is 2. The molecule has 0 atom stereocenters. The number of rotatable bonds is 9. The van der Waals surface area contributed by atoms with E-state index in [4.69, 9.17) is 0 Å². The van der Waals surface area contributed by atoms with Crippen LogP contribution >= 0.6 is 0 Å². The lowest BCUT2D eigenvalue weighted by atomic mass is 10.2. The smallest absolute Gasteiger partial charge is 0.255 e. The van der Waals surface area contributed by atoms with Gasteiger partial charge in [-0.25, -0.2) is 13.1 Å². The number of unbranched alkanes of at least 4 members (excludes halogenated alkanes) is 2. The van der Waals surface area contributed by atoms with E-state index in [0.29, 0.717) is 17.8 Å². The zero-order valence-corrected chi connectivity index (χ0v) is 16.8. The molecule has 146 valence electrons. The third kappa shape index (κ3) is 6.08. The zero-order chi connectivity index (χ0) is 19.9. The molecule has 0 aliphatic rings. The van der Waals surface area contributed by atoms with Gasteiger partial charge in [0.05, 0.1) is 4.90 Å². The predicted octanol–water partition coefficient (Wildman–Crippen LogP) is 3.47. The van der Waals surface area contributed by atoms with Crippen LogP contribution in [0.2, 0.25) is 0 Å². The van der Waals surface area contributed by atoms with Gasteiger partial charge in [-0.2, -0.15) is 0 Å². The zero-order valence-electron chi connectivity index (χ0n) is 16.0. The minimum atomic E-state index is -3.62. The Morgan fingerprint density at radius 2 is 1.74 bits per heavy atom. The van der Waals surface area contributed by atoms with E-state index in [1.54, 1.807) is 12.1 Å². The van der Waals surface area contributed by atoms with Gasteiger partial charge in [0.25, 0.3) is 5.91 Å². The van der Waals surface area contributed by atoms with E-state index < -0.39 is 10.0 Å². The van der Waals surface area contributed by atoms with Crippen LogP contribution in [0.4, 0.5) is 11.4 Å². The van der Waals surface area contributed by atoms with Crippen molar-refractivity contribution in [2.75, 3.05) is 30.9 Å². The van der Waals surface area contributed by atoms with Gasteiger partial charge in [-0.05, 0) is 48.9 Å². The van der Waals surface area contributed by atoms with E-state index in [0.717, 1.165) is 24.9 Å². The second kappa shape index (κ2) is 9.53. The number of carbonyl (C=O) groups is 1. The summed E-state index contributed by atoms with van der Waals surface area (Å²) >= 11 is 0. The van der Waals surface area contributed by atoms with Gasteiger partial charge >= 0.3 is 0 Å². The summed E-state index contributed by atoms with van der Waals surface area (Å²) in [7, 11) is 0.260. The van der Waals surface area contributed by atoms with E-state index in [1.165, 1.54) is 12.1 Å². The molecule has 0 aromatic heterocycles.